The summed E-state index contributed by atoms with van der Waals surface area (Å²) in [5.74, 6) is 5.27. The molecule has 13 heteroatoms. The second kappa shape index (κ2) is 17.9. The van der Waals surface area contributed by atoms with E-state index in [0.717, 1.165) is 29.5 Å². The van der Waals surface area contributed by atoms with Crippen LogP contribution in [0.4, 0.5) is 9.59 Å². The van der Waals surface area contributed by atoms with Crippen molar-refractivity contribution in [2.75, 3.05) is 32.9 Å². The zero-order valence-corrected chi connectivity index (χ0v) is 28.5. The van der Waals surface area contributed by atoms with E-state index in [0.29, 0.717) is 28.9 Å². The molecule has 1 aromatic heterocycles. The van der Waals surface area contributed by atoms with Crippen molar-refractivity contribution < 1.29 is 42.6 Å². The van der Waals surface area contributed by atoms with Crippen LogP contribution < -0.4 is 26.4 Å². The Bertz CT molecular complexity index is 1970. The monoisotopic (exact) mass is 706 g/mol. The number of hydrogen-bond donors (Lipinski definition) is 4. The Morgan fingerprint density at radius 1 is 0.808 bits per heavy atom. The van der Waals surface area contributed by atoms with Crippen molar-refractivity contribution in [3.8, 4) is 28.7 Å². The molecule has 268 valence electrons. The summed E-state index contributed by atoms with van der Waals surface area (Å²) in [5.41, 5.74) is 9.37. The normalized spacial score (nSPS) is 11.7. The van der Waals surface area contributed by atoms with Crippen LogP contribution in [0.25, 0.3) is 11.1 Å². The first-order chi connectivity index (χ1) is 25.2. The molecule has 4 aromatic rings. The van der Waals surface area contributed by atoms with Crippen LogP contribution in [0.5, 0.6) is 5.75 Å². The van der Waals surface area contributed by atoms with Crippen LogP contribution in [-0.2, 0) is 9.47 Å². The fourth-order valence-electron chi connectivity index (χ4n) is 4.91. The minimum Gasteiger partial charge on any atom is -0.490 e. The topological polar surface area (TPSA) is 188 Å². The predicted octanol–water partition coefficient (Wildman–Crippen LogP) is 4.75. The molecule has 1 saturated carbocycles. The average molecular weight is 707 g/mol. The van der Waals surface area contributed by atoms with E-state index < -0.39 is 18.1 Å². The Morgan fingerprint density at radius 2 is 1.50 bits per heavy atom. The summed E-state index contributed by atoms with van der Waals surface area (Å²) in [7, 11) is 0. The third-order valence-electron chi connectivity index (χ3n) is 7.81. The van der Waals surface area contributed by atoms with Crippen LogP contribution in [0.3, 0.4) is 0 Å². The number of rotatable bonds is 15. The van der Waals surface area contributed by atoms with Crippen molar-refractivity contribution in [3.05, 3.63) is 113 Å². The van der Waals surface area contributed by atoms with Gasteiger partial charge in [-0.2, -0.15) is 0 Å². The van der Waals surface area contributed by atoms with Gasteiger partial charge in [-0.15, -0.1) is 0 Å². The molecule has 52 heavy (non-hydrogen) atoms. The summed E-state index contributed by atoms with van der Waals surface area (Å²) in [6, 6.07) is 22.9. The maximum Gasteiger partial charge on any atom is 0.407 e. The molecular formula is C39H38N4O9. The second-order valence-corrected chi connectivity index (χ2v) is 11.8. The van der Waals surface area contributed by atoms with Crippen LogP contribution >= 0.6 is 0 Å². The molecule has 1 heterocycles. The minimum absolute atomic E-state index is 0.00153. The molecule has 4 amide bonds. The van der Waals surface area contributed by atoms with Gasteiger partial charge in [0.15, 0.2) is 23.9 Å². The first-order valence-corrected chi connectivity index (χ1v) is 16.7. The van der Waals surface area contributed by atoms with E-state index in [1.807, 2.05) is 37.3 Å². The Labute approximate surface area is 300 Å². The third kappa shape index (κ3) is 11.0. The summed E-state index contributed by atoms with van der Waals surface area (Å²) in [6.45, 7) is 2.44. The fourth-order valence-corrected chi connectivity index (χ4v) is 4.91. The molecular weight excluding hydrogens is 668 g/mol. The largest absolute Gasteiger partial charge is 0.490 e. The van der Waals surface area contributed by atoms with Crippen molar-refractivity contribution in [2.24, 2.45) is 5.73 Å². The number of carbonyl (C=O) groups is 5. The van der Waals surface area contributed by atoms with Crippen molar-refractivity contribution in [1.29, 1.82) is 0 Å². The molecule has 0 bridgehead atoms. The summed E-state index contributed by atoms with van der Waals surface area (Å²) < 4.78 is 20.6. The van der Waals surface area contributed by atoms with Crippen LogP contribution in [0.1, 0.15) is 67.4 Å². The molecule has 1 aliphatic carbocycles. The van der Waals surface area contributed by atoms with Gasteiger partial charge >= 0.3 is 12.2 Å². The Balaban J connectivity index is 0.970. The highest BCUT2D eigenvalue weighted by molar-refractivity contribution is 6.09. The number of amides is 4. The molecule has 5 N–H and O–H groups in total. The predicted molar refractivity (Wildman–Crippen MR) is 190 cm³/mol. The van der Waals surface area contributed by atoms with Gasteiger partial charge in [0, 0.05) is 35.8 Å². The van der Waals surface area contributed by atoms with Gasteiger partial charge in [0.1, 0.15) is 19.0 Å². The maximum absolute atomic E-state index is 13.1. The molecule has 0 unspecified atom stereocenters. The Morgan fingerprint density at radius 3 is 2.21 bits per heavy atom. The van der Waals surface area contributed by atoms with Crippen LogP contribution in [0, 0.1) is 18.8 Å². The van der Waals surface area contributed by atoms with Gasteiger partial charge in [-0.1, -0.05) is 36.3 Å². The van der Waals surface area contributed by atoms with Gasteiger partial charge in [-0.05, 0) is 97.3 Å². The third-order valence-corrected chi connectivity index (χ3v) is 7.81. The van der Waals surface area contributed by atoms with Crippen LogP contribution in [0.15, 0.2) is 83.3 Å². The van der Waals surface area contributed by atoms with Gasteiger partial charge in [-0.3, -0.25) is 14.4 Å². The lowest BCUT2D eigenvalue weighted by Crippen LogP contribution is -2.30. The molecule has 13 nitrogen and oxygen atoms in total. The number of ether oxygens (including phenoxy) is 3. The van der Waals surface area contributed by atoms with E-state index in [1.165, 1.54) is 12.1 Å². The van der Waals surface area contributed by atoms with Gasteiger partial charge in [-0.25, -0.2) is 9.59 Å². The highest BCUT2D eigenvalue weighted by Gasteiger charge is 2.24. The number of primary amides is 1. The lowest BCUT2D eigenvalue weighted by molar-refractivity contribution is 0.0922. The molecule has 0 aliphatic heterocycles. The molecule has 5 rings (SSSR count). The number of aryl methyl sites for hydroxylation is 1. The molecule has 3 aromatic carbocycles. The zero-order valence-electron chi connectivity index (χ0n) is 28.5. The van der Waals surface area contributed by atoms with Crippen molar-refractivity contribution >= 4 is 29.8 Å². The molecule has 0 spiro atoms. The SMILES string of the molecule is Cc1ccc(C(=O)NC2CC2)cc1-c1ccc(C(=O)c2ccc(OCCOC(=O)NCCCNC(=O)c3ccc(C#CCOC(N)=O)o3)cc2)cc1. The Kier molecular flexibility index (Phi) is 12.6. The number of carbonyl (C=O) groups excluding carboxylic acids is 5. The van der Waals surface area contributed by atoms with Crippen molar-refractivity contribution in [3.63, 3.8) is 0 Å². The lowest BCUT2D eigenvalue weighted by Gasteiger charge is -2.11. The second-order valence-electron chi connectivity index (χ2n) is 11.8. The molecule has 0 saturated heterocycles. The van der Waals surface area contributed by atoms with E-state index in [-0.39, 0.29) is 62.2 Å². The van der Waals surface area contributed by atoms with Crippen LogP contribution in [0.2, 0.25) is 0 Å². The zero-order chi connectivity index (χ0) is 36.9. The quantitative estimate of drug-likeness (QED) is 0.0769. The standard InChI is InChI=1S/C39H38N4O9/c1-25-5-6-29(36(45)43-30-13-14-30)24-33(25)26-7-9-27(10-8-26)35(44)28-11-15-31(16-12-28)49-22-23-51-39(48)42-20-3-19-41-37(46)34-18-17-32(52-34)4-2-21-50-38(40)47/h5-12,15-18,24,30H,3,13-14,19-23H2,1H3,(H2,40,47)(H,41,46)(H,42,48)(H,43,45). The van der Waals surface area contributed by atoms with Crippen molar-refractivity contribution in [2.45, 2.75) is 32.2 Å². The highest BCUT2D eigenvalue weighted by Crippen LogP contribution is 2.27. The van der Waals surface area contributed by atoms with Gasteiger partial charge in [0.2, 0.25) is 0 Å². The average Bonchev–Trinajstić information content (AvgIpc) is 3.84. The van der Waals surface area contributed by atoms with Crippen molar-refractivity contribution in [1.82, 2.24) is 16.0 Å². The first-order valence-electron chi connectivity index (χ1n) is 16.7. The van der Waals surface area contributed by atoms with E-state index >= 15 is 0 Å². The van der Waals surface area contributed by atoms with E-state index in [9.17, 15) is 24.0 Å². The van der Waals surface area contributed by atoms with E-state index in [1.54, 1.807) is 36.4 Å². The van der Waals surface area contributed by atoms with Gasteiger partial charge < -0.3 is 40.3 Å². The molecule has 1 fully saturated rings. The number of nitrogens with one attached hydrogen (secondary N) is 3. The van der Waals surface area contributed by atoms with E-state index in [2.05, 4.69) is 32.5 Å². The minimum atomic E-state index is -0.939. The first kappa shape index (κ1) is 36.7. The van der Waals surface area contributed by atoms with Gasteiger partial charge in [0.25, 0.3) is 11.8 Å². The fraction of sp³-hybridized carbons (Fsp3) is 0.256. The summed E-state index contributed by atoms with van der Waals surface area (Å²) in [4.78, 5) is 60.4. The smallest absolute Gasteiger partial charge is 0.407 e. The maximum atomic E-state index is 13.1. The number of benzene rings is 3. The van der Waals surface area contributed by atoms with E-state index in [4.69, 9.17) is 19.6 Å². The number of alkyl carbamates (subject to hydrolysis) is 1. The number of nitrogens with two attached hydrogens (primary N) is 1. The van der Waals surface area contributed by atoms with Crippen LogP contribution in [-0.4, -0.2) is 68.7 Å². The summed E-state index contributed by atoms with van der Waals surface area (Å²) in [6.07, 6.45) is 0.925. The lowest BCUT2D eigenvalue weighted by atomic mass is 9.95. The highest BCUT2D eigenvalue weighted by atomic mass is 16.6. The molecule has 0 atom stereocenters. The number of furan rings is 1. The number of hydrogen-bond acceptors (Lipinski definition) is 9. The number of ketones is 1. The summed E-state index contributed by atoms with van der Waals surface area (Å²) >= 11 is 0. The molecule has 0 radical (unpaired) electrons. The Hall–Kier alpha value is -6.55. The molecule has 1 aliphatic rings. The summed E-state index contributed by atoms with van der Waals surface area (Å²) in [5, 5.41) is 8.28. The van der Waals surface area contributed by atoms with Gasteiger partial charge in [0.05, 0.1) is 0 Å².